The average Bonchev–Trinajstić information content (AvgIpc) is 3.22. The first-order valence-corrected chi connectivity index (χ1v) is 7.02. The van der Waals surface area contributed by atoms with Crippen molar-refractivity contribution in [2.45, 2.75) is 19.8 Å². The van der Waals surface area contributed by atoms with Crippen LogP contribution in [0.2, 0.25) is 0 Å². The topological polar surface area (TPSA) is 24.5 Å². The van der Waals surface area contributed by atoms with E-state index in [1.165, 1.54) is 24.1 Å². The van der Waals surface area contributed by atoms with Gasteiger partial charge in [-0.1, -0.05) is 0 Å². The van der Waals surface area contributed by atoms with Crippen LogP contribution >= 0.6 is 0 Å². The van der Waals surface area contributed by atoms with Crippen molar-refractivity contribution in [1.82, 2.24) is 5.32 Å². The SMILES string of the molecule is Cc1cc(N2CCNCC2)ccc1OCC1CC1. The minimum absolute atomic E-state index is 0.817. The lowest BCUT2D eigenvalue weighted by Gasteiger charge is -2.29. The molecular weight excluding hydrogens is 224 g/mol. The molecule has 1 heterocycles. The Hall–Kier alpha value is -1.22. The lowest BCUT2D eigenvalue weighted by molar-refractivity contribution is 0.298. The van der Waals surface area contributed by atoms with E-state index in [2.05, 4.69) is 35.3 Å². The van der Waals surface area contributed by atoms with E-state index >= 15 is 0 Å². The van der Waals surface area contributed by atoms with Crippen LogP contribution in [0.4, 0.5) is 5.69 Å². The standard InChI is InChI=1S/C15H22N2O/c1-12-10-14(17-8-6-16-7-9-17)4-5-15(12)18-11-13-2-3-13/h4-5,10,13,16H,2-3,6-9,11H2,1H3. The number of benzene rings is 1. The van der Waals surface area contributed by atoms with Crippen LogP contribution in [0.5, 0.6) is 5.75 Å². The number of rotatable bonds is 4. The number of hydrogen-bond donors (Lipinski definition) is 1. The zero-order valence-electron chi connectivity index (χ0n) is 11.1. The van der Waals surface area contributed by atoms with Gasteiger partial charge >= 0.3 is 0 Å². The van der Waals surface area contributed by atoms with Crippen molar-refractivity contribution in [3.63, 3.8) is 0 Å². The molecule has 0 unspecified atom stereocenters. The second-order valence-corrected chi connectivity index (χ2v) is 5.44. The van der Waals surface area contributed by atoms with Crippen LogP contribution in [0.3, 0.4) is 0 Å². The molecule has 3 rings (SSSR count). The minimum Gasteiger partial charge on any atom is -0.493 e. The van der Waals surface area contributed by atoms with E-state index in [9.17, 15) is 0 Å². The highest BCUT2D eigenvalue weighted by atomic mass is 16.5. The Morgan fingerprint density at radius 2 is 2.06 bits per heavy atom. The lowest BCUT2D eigenvalue weighted by Crippen LogP contribution is -2.43. The van der Waals surface area contributed by atoms with E-state index < -0.39 is 0 Å². The van der Waals surface area contributed by atoms with Crippen LogP contribution in [0, 0.1) is 12.8 Å². The molecule has 0 amide bonds. The van der Waals surface area contributed by atoms with Crippen molar-refractivity contribution in [3.05, 3.63) is 23.8 Å². The fourth-order valence-corrected chi connectivity index (χ4v) is 2.41. The van der Waals surface area contributed by atoms with Gasteiger partial charge in [0.05, 0.1) is 6.61 Å². The van der Waals surface area contributed by atoms with Gasteiger partial charge in [-0.3, -0.25) is 0 Å². The molecule has 0 atom stereocenters. The molecule has 0 aromatic heterocycles. The van der Waals surface area contributed by atoms with Crippen molar-refractivity contribution < 1.29 is 4.74 Å². The maximum absolute atomic E-state index is 5.87. The molecule has 3 nitrogen and oxygen atoms in total. The summed E-state index contributed by atoms with van der Waals surface area (Å²) in [6, 6.07) is 6.59. The predicted octanol–water partition coefficient (Wildman–Crippen LogP) is 2.19. The van der Waals surface area contributed by atoms with Gasteiger partial charge in [-0.2, -0.15) is 0 Å². The molecule has 1 aromatic carbocycles. The molecule has 1 aliphatic carbocycles. The van der Waals surface area contributed by atoms with Crippen LogP contribution in [0.1, 0.15) is 18.4 Å². The third-order valence-corrected chi connectivity index (χ3v) is 3.81. The summed E-state index contributed by atoms with van der Waals surface area (Å²) in [6.45, 7) is 7.41. The monoisotopic (exact) mass is 246 g/mol. The van der Waals surface area contributed by atoms with Gasteiger partial charge in [0.25, 0.3) is 0 Å². The van der Waals surface area contributed by atoms with Gasteiger partial charge in [0.1, 0.15) is 5.75 Å². The maximum Gasteiger partial charge on any atom is 0.122 e. The first-order chi connectivity index (χ1) is 8.83. The second-order valence-electron chi connectivity index (χ2n) is 5.44. The summed E-state index contributed by atoms with van der Waals surface area (Å²) in [5, 5.41) is 3.38. The molecule has 0 radical (unpaired) electrons. The van der Waals surface area contributed by atoms with Crippen LogP contribution in [0.15, 0.2) is 18.2 Å². The zero-order valence-corrected chi connectivity index (χ0v) is 11.1. The zero-order chi connectivity index (χ0) is 12.4. The molecule has 2 aliphatic rings. The Balaban J connectivity index is 1.66. The average molecular weight is 246 g/mol. The minimum atomic E-state index is 0.817. The molecule has 1 saturated carbocycles. The highest BCUT2D eigenvalue weighted by Gasteiger charge is 2.22. The first-order valence-electron chi connectivity index (χ1n) is 7.02. The van der Waals surface area contributed by atoms with Crippen molar-refractivity contribution >= 4 is 5.69 Å². The van der Waals surface area contributed by atoms with Gasteiger partial charge in [0.2, 0.25) is 0 Å². The van der Waals surface area contributed by atoms with Gasteiger partial charge in [0.15, 0.2) is 0 Å². The fourth-order valence-electron chi connectivity index (χ4n) is 2.41. The van der Waals surface area contributed by atoms with E-state index in [4.69, 9.17) is 4.74 Å². The van der Waals surface area contributed by atoms with Crippen LogP contribution in [-0.4, -0.2) is 32.8 Å². The molecule has 0 spiro atoms. The Bertz CT molecular complexity index is 409. The fraction of sp³-hybridized carbons (Fsp3) is 0.600. The van der Waals surface area contributed by atoms with Crippen molar-refractivity contribution in [2.75, 3.05) is 37.7 Å². The number of ether oxygens (including phenoxy) is 1. The van der Waals surface area contributed by atoms with Crippen molar-refractivity contribution in [1.29, 1.82) is 0 Å². The first kappa shape index (κ1) is 11.8. The summed E-state index contributed by atoms with van der Waals surface area (Å²) in [7, 11) is 0. The molecule has 1 aliphatic heterocycles. The van der Waals surface area contributed by atoms with Crippen LogP contribution in [-0.2, 0) is 0 Å². The Labute approximate surface area is 109 Å². The normalized spacial score (nSPS) is 19.9. The third kappa shape index (κ3) is 2.78. The molecule has 1 aromatic rings. The number of aryl methyl sites for hydroxylation is 1. The number of nitrogens with one attached hydrogen (secondary N) is 1. The number of hydrogen-bond acceptors (Lipinski definition) is 3. The summed E-state index contributed by atoms with van der Waals surface area (Å²) >= 11 is 0. The van der Waals surface area contributed by atoms with E-state index in [0.717, 1.165) is 44.5 Å². The highest BCUT2D eigenvalue weighted by Crippen LogP contribution is 2.31. The van der Waals surface area contributed by atoms with Gasteiger partial charge in [0, 0.05) is 31.9 Å². The van der Waals surface area contributed by atoms with Gasteiger partial charge in [-0.25, -0.2) is 0 Å². The molecular formula is C15H22N2O. The smallest absolute Gasteiger partial charge is 0.122 e. The number of anilines is 1. The van der Waals surface area contributed by atoms with Crippen molar-refractivity contribution in [3.8, 4) is 5.75 Å². The molecule has 1 N–H and O–H groups in total. The van der Waals surface area contributed by atoms with Gasteiger partial charge in [-0.15, -0.1) is 0 Å². The summed E-state index contributed by atoms with van der Waals surface area (Å²) in [4.78, 5) is 2.44. The summed E-state index contributed by atoms with van der Waals surface area (Å²) in [5.41, 5.74) is 2.58. The molecule has 1 saturated heterocycles. The highest BCUT2D eigenvalue weighted by molar-refractivity contribution is 5.53. The van der Waals surface area contributed by atoms with E-state index in [1.54, 1.807) is 0 Å². The van der Waals surface area contributed by atoms with Crippen LogP contribution in [0.25, 0.3) is 0 Å². The largest absolute Gasteiger partial charge is 0.493 e. The Morgan fingerprint density at radius 3 is 2.72 bits per heavy atom. The Morgan fingerprint density at radius 1 is 1.28 bits per heavy atom. The summed E-state index contributed by atoms with van der Waals surface area (Å²) in [5.74, 6) is 1.87. The Kier molecular flexibility index (Phi) is 3.41. The number of nitrogens with zero attached hydrogens (tertiary/aromatic N) is 1. The third-order valence-electron chi connectivity index (χ3n) is 3.81. The maximum atomic E-state index is 5.87. The van der Waals surface area contributed by atoms with E-state index in [-0.39, 0.29) is 0 Å². The molecule has 3 heteroatoms. The quantitative estimate of drug-likeness (QED) is 0.881. The molecule has 0 bridgehead atoms. The van der Waals surface area contributed by atoms with Gasteiger partial charge in [-0.05, 0) is 49.4 Å². The summed E-state index contributed by atoms with van der Waals surface area (Å²) < 4.78 is 5.87. The van der Waals surface area contributed by atoms with Crippen LogP contribution < -0.4 is 15.0 Å². The van der Waals surface area contributed by atoms with Gasteiger partial charge < -0.3 is 15.0 Å². The van der Waals surface area contributed by atoms with Crippen molar-refractivity contribution in [2.24, 2.45) is 5.92 Å². The molecule has 2 fully saturated rings. The lowest BCUT2D eigenvalue weighted by atomic mass is 10.1. The number of piperazine rings is 1. The summed E-state index contributed by atoms with van der Waals surface area (Å²) in [6.07, 6.45) is 2.69. The predicted molar refractivity (Wildman–Crippen MR) is 74.5 cm³/mol. The van der Waals surface area contributed by atoms with E-state index in [1.807, 2.05) is 0 Å². The van der Waals surface area contributed by atoms with E-state index in [0.29, 0.717) is 0 Å². The second kappa shape index (κ2) is 5.19. The molecule has 98 valence electrons. The molecule has 18 heavy (non-hydrogen) atoms.